The van der Waals surface area contributed by atoms with Crippen LogP contribution in [-0.4, -0.2) is 44.4 Å². The van der Waals surface area contributed by atoms with E-state index >= 15 is 0 Å². The molecule has 0 atom stereocenters. The minimum atomic E-state index is -2.68. The van der Waals surface area contributed by atoms with E-state index in [1.165, 1.54) is 24.3 Å². The number of hydrazine groups is 2. The molecule has 0 fully saturated rings. The van der Waals surface area contributed by atoms with Gasteiger partial charge >= 0.3 is 17.9 Å². The average molecular weight is 475 g/mol. The van der Waals surface area contributed by atoms with Crippen LogP contribution in [0.25, 0.3) is 0 Å². The molecule has 2 aromatic carbocycles. The standard InChI is InChI=1S/C17H13N7O10/c25-14(9-5-1-3-7-11(9)22(29)30)18-20-16(27)13(24(33)34)17(28)21-19-15(26)10-6-2-4-8-12(10)23(31)32/h1-8,13H,(H,18,25)(H,19,26)(H,20,27)(H,21,28). The van der Waals surface area contributed by atoms with Crippen molar-refractivity contribution >= 4 is 35.0 Å². The van der Waals surface area contributed by atoms with Crippen molar-refractivity contribution in [1.29, 1.82) is 0 Å². The van der Waals surface area contributed by atoms with Crippen molar-refractivity contribution in [2.45, 2.75) is 6.04 Å². The van der Waals surface area contributed by atoms with E-state index < -0.39 is 66.9 Å². The Bertz CT molecular complexity index is 1110. The molecule has 4 N–H and O–H groups in total. The number of para-hydroxylation sites is 2. The van der Waals surface area contributed by atoms with Crippen LogP contribution in [0.4, 0.5) is 11.4 Å². The molecule has 0 aliphatic carbocycles. The van der Waals surface area contributed by atoms with Gasteiger partial charge in [-0.3, -0.25) is 71.2 Å². The molecule has 0 spiro atoms. The molecule has 0 saturated heterocycles. The number of hydrogen-bond acceptors (Lipinski definition) is 10. The zero-order chi connectivity index (χ0) is 25.4. The molecule has 0 aromatic heterocycles. The topological polar surface area (TPSA) is 246 Å². The van der Waals surface area contributed by atoms with Crippen LogP contribution in [-0.2, 0) is 9.59 Å². The van der Waals surface area contributed by atoms with Crippen molar-refractivity contribution in [2.24, 2.45) is 0 Å². The van der Waals surface area contributed by atoms with Gasteiger partial charge in [0.15, 0.2) is 0 Å². The van der Waals surface area contributed by atoms with Crippen LogP contribution >= 0.6 is 0 Å². The first-order valence-corrected chi connectivity index (χ1v) is 8.85. The summed E-state index contributed by atoms with van der Waals surface area (Å²) in [6, 6.07) is 6.56. The fourth-order valence-corrected chi connectivity index (χ4v) is 2.47. The predicted octanol–water partition coefficient (Wildman–Crippen LogP) is -0.629. The third-order valence-electron chi connectivity index (χ3n) is 4.00. The molecule has 2 aromatic rings. The highest BCUT2D eigenvalue weighted by Gasteiger charge is 2.39. The van der Waals surface area contributed by atoms with Crippen molar-refractivity contribution < 1.29 is 33.9 Å². The molecule has 17 nitrogen and oxygen atoms in total. The molecule has 176 valence electrons. The maximum absolute atomic E-state index is 12.1. The zero-order valence-electron chi connectivity index (χ0n) is 16.6. The van der Waals surface area contributed by atoms with Crippen LogP contribution in [0.2, 0.25) is 0 Å². The summed E-state index contributed by atoms with van der Waals surface area (Å²) in [6.07, 6.45) is 0. The number of carbonyl (C=O) groups is 4. The van der Waals surface area contributed by atoms with Gasteiger partial charge in [-0.2, -0.15) is 0 Å². The molecule has 0 saturated carbocycles. The number of nitrogens with one attached hydrogen (secondary N) is 4. The third kappa shape index (κ3) is 5.81. The van der Waals surface area contributed by atoms with E-state index in [0.717, 1.165) is 24.3 Å². The van der Waals surface area contributed by atoms with Gasteiger partial charge in [-0.15, -0.1) is 0 Å². The molecule has 0 radical (unpaired) electrons. The van der Waals surface area contributed by atoms with Crippen LogP contribution in [0.5, 0.6) is 0 Å². The lowest BCUT2D eigenvalue weighted by molar-refractivity contribution is -0.494. The highest BCUT2D eigenvalue weighted by Crippen LogP contribution is 2.17. The van der Waals surface area contributed by atoms with Crippen LogP contribution in [0.1, 0.15) is 20.7 Å². The van der Waals surface area contributed by atoms with Gasteiger partial charge in [-0.25, -0.2) is 0 Å². The first-order valence-electron chi connectivity index (χ1n) is 8.85. The summed E-state index contributed by atoms with van der Waals surface area (Å²) < 4.78 is 0. The summed E-state index contributed by atoms with van der Waals surface area (Å²) in [7, 11) is 0. The van der Waals surface area contributed by atoms with Gasteiger partial charge in [-0.05, 0) is 12.1 Å². The van der Waals surface area contributed by atoms with Crippen molar-refractivity contribution in [2.75, 3.05) is 0 Å². The average Bonchev–Trinajstić information content (AvgIpc) is 2.80. The molecular formula is C17H13N7O10. The Morgan fingerprint density at radius 1 is 0.618 bits per heavy atom. The lowest BCUT2D eigenvalue weighted by atomic mass is 10.2. The van der Waals surface area contributed by atoms with Gasteiger partial charge in [0.2, 0.25) is 0 Å². The lowest BCUT2D eigenvalue weighted by Gasteiger charge is -2.12. The van der Waals surface area contributed by atoms with E-state index in [-0.39, 0.29) is 0 Å². The largest absolute Gasteiger partial charge is 0.369 e. The Morgan fingerprint density at radius 3 is 1.29 bits per heavy atom. The SMILES string of the molecule is O=C(NNC(=O)C(C(=O)NNC(=O)c1ccccc1[N+](=O)[O-])[N+](=O)[O-])c1ccccc1[N+](=O)[O-]. The predicted molar refractivity (Wildman–Crippen MR) is 108 cm³/mol. The zero-order valence-corrected chi connectivity index (χ0v) is 16.6. The van der Waals surface area contributed by atoms with E-state index in [2.05, 4.69) is 0 Å². The molecule has 0 heterocycles. The van der Waals surface area contributed by atoms with Crippen LogP contribution in [0.3, 0.4) is 0 Å². The number of benzene rings is 2. The highest BCUT2D eigenvalue weighted by atomic mass is 16.6. The summed E-state index contributed by atoms with van der Waals surface area (Å²) in [5, 5.41) is 33.1. The molecule has 0 unspecified atom stereocenters. The maximum Gasteiger partial charge on any atom is 0.369 e. The minimum absolute atomic E-state index is 0.480. The van der Waals surface area contributed by atoms with Crippen LogP contribution in [0, 0.1) is 30.3 Å². The summed E-state index contributed by atoms with van der Waals surface area (Å²) in [6.45, 7) is 0. The van der Waals surface area contributed by atoms with Gasteiger partial charge in [0.05, 0.1) is 9.85 Å². The number of nitrogens with zero attached hydrogens (tertiary/aromatic N) is 3. The number of nitro benzene ring substituents is 2. The Balaban J connectivity index is 2.05. The maximum atomic E-state index is 12.1. The minimum Gasteiger partial charge on any atom is -0.267 e. The van der Waals surface area contributed by atoms with Crippen molar-refractivity contribution in [3.05, 3.63) is 90.0 Å². The molecule has 0 aliphatic rings. The van der Waals surface area contributed by atoms with Crippen molar-refractivity contribution in [3.8, 4) is 0 Å². The lowest BCUT2D eigenvalue weighted by Crippen LogP contribution is -2.57. The van der Waals surface area contributed by atoms with Crippen LogP contribution < -0.4 is 21.7 Å². The van der Waals surface area contributed by atoms with Crippen molar-refractivity contribution in [1.82, 2.24) is 21.7 Å². The van der Waals surface area contributed by atoms with Gasteiger partial charge in [0.1, 0.15) is 11.1 Å². The molecule has 2 rings (SSSR count). The van der Waals surface area contributed by atoms with E-state index in [1.54, 1.807) is 21.7 Å². The van der Waals surface area contributed by atoms with Gasteiger partial charge in [0, 0.05) is 17.1 Å². The Hall–Kier alpha value is -5.48. The molecule has 0 bridgehead atoms. The molecule has 4 amide bonds. The summed E-state index contributed by atoms with van der Waals surface area (Å²) in [4.78, 5) is 78.3. The van der Waals surface area contributed by atoms with E-state index in [9.17, 15) is 49.5 Å². The molecule has 17 heteroatoms. The molecular weight excluding hydrogens is 462 g/mol. The van der Waals surface area contributed by atoms with Crippen molar-refractivity contribution in [3.63, 3.8) is 0 Å². The highest BCUT2D eigenvalue weighted by molar-refractivity contribution is 6.06. The monoisotopic (exact) mass is 475 g/mol. The number of amides is 4. The Labute approximate surface area is 187 Å². The van der Waals surface area contributed by atoms with Gasteiger partial charge in [-0.1, -0.05) is 24.3 Å². The smallest absolute Gasteiger partial charge is 0.267 e. The van der Waals surface area contributed by atoms with E-state index in [4.69, 9.17) is 0 Å². The summed E-state index contributed by atoms with van der Waals surface area (Å²) in [5.41, 5.74) is 4.39. The molecule has 34 heavy (non-hydrogen) atoms. The second kappa shape index (κ2) is 10.7. The number of carbonyl (C=O) groups excluding carboxylic acids is 4. The number of rotatable bonds is 7. The number of nitro groups is 3. The Morgan fingerprint density at radius 2 is 0.971 bits per heavy atom. The first kappa shape index (κ1) is 24.8. The second-order valence-electron chi connectivity index (χ2n) is 6.12. The summed E-state index contributed by atoms with van der Waals surface area (Å²) >= 11 is 0. The van der Waals surface area contributed by atoms with E-state index in [1.807, 2.05) is 0 Å². The Kier molecular flexibility index (Phi) is 7.80. The normalized spacial score (nSPS) is 10.0. The first-order chi connectivity index (χ1) is 16.0. The molecule has 0 aliphatic heterocycles. The van der Waals surface area contributed by atoms with Gasteiger partial charge < -0.3 is 0 Å². The quantitative estimate of drug-likeness (QED) is 0.224. The fourth-order valence-electron chi connectivity index (χ4n) is 2.47. The number of hydrogen-bond donors (Lipinski definition) is 4. The van der Waals surface area contributed by atoms with Gasteiger partial charge in [0.25, 0.3) is 23.2 Å². The fraction of sp³-hybridized carbons (Fsp3) is 0.0588. The third-order valence-corrected chi connectivity index (χ3v) is 4.00. The second-order valence-corrected chi connectivity index (χ2v) is 6.12. The van der Waals surface area contributed by atoms with Crippen LogP contribution in [0.15, 0.2) is 48.5 Å². The summed E-state index contributed by atoms with van der Waals surface area (Å²) in [5.74, 6) is -5.72. The van der Waals surface area contributed by atoms with E-state index in [0.29, 0.717) is 0 Å².